The molecule has 1 aromatic carbocycles. The first kappa shape index (κ1) is 18.2. The van der Waals surface area contributed by atoms with Gasteiger partial charge in [-0.05, 0) is 24.1 Å². The molecule has 7 nitrogen and oxygen atoms in total. The van der Waals surface area contributed by atoms with Gasteiger partial charge in [0, 0.05) is 16.2 Å². The average Bonchev–Trinajstić information content (AvgIpc) is 2.57. The van der Waals surface area contributed by atoms with Crippen molar-refractivity contribution < 1.29 is 17.8 Å². The first-order valence-corrected chi connectivity index (χ1v) is 8.99. The second-order valence-corrected chi connectivity index (χ2v) is 6.98. The highest BCUT2D eigenvalue weighted by Crippen LogP contribution is 2.30. The van der Waals surface area contributed by atoms with Gasteiger partial charge in [-0.1, -0.05) is 18.2 Å². The van der Waals surface area contributed by atoms with Crippen LogP contribution in [-0.2, 0) is 14.9 Å². The van der Waals surface area contributed by atoms with E-state index < -0.39 is 10.1 Å². The third-order valence-electron chi connectivity index (χ3n) is 2.38. The predicted octanol–water partition coefficient (Wildman–Crippen LogP) is 0.870. The Morgan fingerprint density at radius 2 is 1.91 bits per heavy atom. The van der Waals surface area contributed by atoms with Crippen LogP contribution in [0.4, 0.5) is 0 Å². The monoisotopic (exact) mass is 343 g/mol. The van der Waals surface area contributed by atoms with Crippen LogP contribution in [0.15, 0.2) is 39.7 Å². The molecule has 1 heterocycles. The lowest BCUT2D eigenvalue weighted by molar-refractivity contribution is -0.114. The zero-order chi connectivity index (χ0) is 16.8. The molecular weight excluding hydrogens is 326 g/mol. The molecule has 0 radical (unpaired) electrons. The van der Waals surface area contributed by atoms with Crippen molar-refractivity contribution in [1.29, 1.82) is 0 Å². The smallest absolute Gasteiger partial charge is 0.276 e. The first-order valence-electron chi connectivity index (χ1n) is 6.15. The maximum Gasteiger partial charge on any atom is 0.276 e. The van der Waals surface area contributed by atoms with Crippen LogP contribution in [0.25, 0.3) is 6.08 Å². The summed E-state index contributed by atoms with van der Waals surface area (Å²) < 4.78 is 25.9. The van der Waals surface area contributed by atoms with E-state index in [9.17, 15) is 13.2 Å². The normalized spacial score (nSPS) is 13.6. The maximum atomic E-state index is 11.7. The molecule has 0 saturated carbocycles. The van der Waals surface area contributed by atoms with Gasteiger partial charge < -0.3 is 11.5 Å². The van der Waals surface area contributed by atoms with Gasteiger partial charge in [-0.15, -0.1) is 11.8 Å². The molecule has 120 valence electrons. The Bertz CT molecular complexity index is 700. The zero-order valence-electron chi connectivity index (χ0n) is 11.9. The Morgan fingerprint density at radius 1 is 1.32 bits per heavy atom. The van der Waals surface area contributed by atoms with Crippen LogP contribution in [0.3, 0.4) is 0 Å². The number of carbonyl (C=O) groups is 1. The minimum Gasteiger partial charge on any atom is -0.370 e. The number of hydrogen-bond donors (Lipinski definition) is 3. The number of amides is 1. The standard InChI is InChI=1S/C12H13N3OS.CH4O3S/c13-12(14)15-11(16)9-5-6-17-10-4-2-1-3-8(10)7-9;1-5(2,3)4/h1-4,7H,5-6H2,(H4,13,14,15,16);1H3,(H,2,3,4). The molecule has 1 amide bonds. The van der Waals surface area contributed by atoms with Gasteiger partial charge in [-0.25, -0.2) is 0 Å². The van der Waals surface area contributed by atoms with Crippen molar-refractivity contribution in [3.05, 3.63) is 35.4 Å². The molecule has 1 aliphatic rings. The van der Waals surface area contributed by atoms with Crippen LogP contribution >= 0.6 is 11.8 Å². The second-order valence-electron chi connectivity index (χ2n) is 4.38. The minimum absolute atomic E-state index is 0.193. The molecule has 9 heteroatoms. The molecule has 0 unspecified atom stereocenters. The summed E-state index contributed by atoms with van der Waals surface area (Å²) in [5, 5.41) is 0. The van der Waals surface area contributed by atoms with Crippen LogP contribution in [-0.4, -0.2) is 36.8 Å². The van der Waals surface area contributed by atoms with E-state index in [1.807, 2.05) is 30.3 Å². The van der Waals surface area contributed by atoms with Gasteiger partial charge in [0.2, 0.25) is 0 Å². The van der Waals surface area contributed by atoms with Crippen molar-refractivity contribution in [1.82, 2.24) is 0 Å². The van der Waals surface area contributed by atoms with Crippen molar-refractivity contribution in [2.24, 2.45) is 16.5 Å². The van der Waals surface area contributed by atoms with Crippen molar-refractivity contribution in [2.75, 3.05) is 12.0 Å². The number of benzene rings is 1. The molecule has 0 aliphatic carbocycles. The highest BCUT2D eigenvalue weighted by atomic mass is 32.2. The number of thioether (sulfide) groups is 1. The molecule has 0 spiro atoms. The van der Waals surface area contributed by atoms with E-state index in [2.05, 4.69) is 4.99 Å². The Balaban J connectivity index is 0.000000422. The maximum absolute atomic E-state index is 11.7. The molecule has 0 fully saturated rings. The summed E-state index contributed by atoms with van der Waals surface area (Å²) in [7, 11) is -3.67. The van der Waals surface area contributed by atoms with Gasteiger partial charge in [0.25, 0.3) is 16.0 Å². The first-order chi connectivity index (χ1) is 10.2. The molecule has 1 aromatic rings. The highest BCUT2D eigenvalue weighted by molar-refractivity contribution is 7.99. The van der Waals surface area contributed by atoms with E-state index in [-0.39, 0.29) is 11.9 Å². The van der Waals surface area contributed by atoms with E-state index >= 15 is 0 Å². The lowest BCUT2D eigenvalue weighted by Crippen LogP contribution is -2.24. The fourth-order valence-corrected chi connectivity index (χ4v) is 2.63. The summed E-state index contributed by atoms with van der Waals surface area (Å²) >= 11 is 1.73. The summed E-state index contributed by atoms with van der Waals surface area (Å²) in [6.45, 7) is 0. The minimum atomic E-state index is -3.67. The summed E-state index contributed by atoms with van der Waals surface area (Å²) in [5.74, 6) is 0.317. The topological polar surface area (TPSA) is 136 Å². The number of carbonyl (C=O) groups excluding carboxylic acids is 1. The van der Waals surface area contributed by atoms with E-state index in [0.717, 1.165) is 11.3 Å². The molecule has 0 atom stereocenters. The number of fused-ring (bicyclic) bond motifs is 1. The molecule has 5 N–H and O–H groups in total. The molecule has 0 bridgehead atoms. The Labute approximate surface area is 133 Å². The fourth-order valence-electron chi connectivity index (χ4n) is 1.62. The van der Waals surface area contributed by atoms with Gasteiger partial charge in [0.1, 0.15) is 0 Å². The van der Waals surface area contributed by atoms with Gasteiger partial charge in [-0.3, -0.25) is 9.35 Å². The largest absolute Gasteiger partial charge is 0.370 e. The Kier molecular flexibility index (Phi) is 6.60. The predicted molar refractivity (Wildman–Crippen MR) is 88.0 cm³/mol. The number of guanidine groups is 1. The van der Waals surface area contributed by atoms with Crippen LogP contribution in [0.5, 0.6) is 0 Å². The average molecular weight is 343 g/mol. The third kappa shape index (κ3) is 7.25. The Hall–Kier alpha value is -1.84. The van der Waals surface area contributed by atoms with Gasteiger partial charge in [-0.2, -0.15) is 13.4 Å². The number of aliphatic imine (C=N–C) groups is 1. The molecule has 1 aliphatic heterocycles. The highest BCUT2D eigenvalue weighted by Gasteiger charge is 2.14. The number of hydrogen-bond acceptors (Lipinski definition) is 4. The van der Waals surface area contributed by atoms with Crippen molar-refractivity contribution in [2.45, 2.75) is 11.3 Å². The third-order valence-corrected chi connectivity index (χ3v) is 3.47. The van der Waals surface area contributed by atoms with E-state index in [1.54, 1.807) is 11.8 Å². The molecule has 0 aromatic heterocycles. The zero-order valence-corrected chi connectivity index (χ0v) is 13.5. The lowest BCUT2D eigenvalue weighted by Gasteiger charge is -2.00. The SMILES string of the molecule is CS(=O)(=O)O.NC(N)=NC(=O)C1=Cc2ccccc2SCC1. The fraction of sp³-hybridized carbons (Fsp3) is 0.231. The molecule has 22 heavy (non-hydrogen) atoms. The molecular formula is C13H17N3O4S2. The Morgan fingerprint density at radius 3 is 2.50 bits per heavy atom. The number of nitrogens with two attached hydrogens (primary N) is 2. The summed E-state index contributed by atoms with van der Waals surface area (Å²) in [5.41, 5.74) is 12.1. The summed E-state index contributed by atoms with van der Waals surface area (Å²) in [6.07, 6.45) is 3.26. The second kappa shape index (κ2) is 7.97. The summed E-state index contributed by atoms with van der Waals surface area (Å²) in [4.78, 5) is 16.5. The summed E-state index contributed by atoms with van der Waals surface area (Å²) in [6, 6.07) is 7.97. The van der Waals surface area contributed by atoms with Crippen LogP contribution < -0.4 is 11.5 Å². The van der Waals surface area contributed by atoms with E-state index in [1.165, 1.54) is 4.90 Å². The van der Waals surface area contributed by atoms with E-state index in [0.29, 0.717) is 18.2 Å². The van der Waals surface area contributed by atoms with E-state index in [4.69, 9.17) is 16.0 Å². The lowest BCUT2D eigenvalue weighted by atomic mass is 10.1. The van der Waals surface area contributed by atoms with Crippen molar-refractivity contribution in [3.8, 4) is 0 Å². The van der Waals surface area contributed by atoms with Crippen molar-refractivity contribution >= 4 is 39.8 Å². The quantitative estimate of drug-likeness (QED) is 0.391. The van der Waals surface area contributed by atoms with Crippen LogP contribution in [0.2, 0.25) is 0 Å². The van der Waals surface area contributed by atoms with Crippen molar-refractivity contribution in [3.63, 3.8) is 0 Å². The van der Waals surface area contributed by atoms with Gasteiger partial charge >= 0.3 is 0 Å². The van der Waals surface area contributed by atoms with Crippen LogP contribution in [0.1, 0.15) is 12.0 Å². The molecule has 2 rings (SSSR count). The van der Waals surface area contributed by atoms with Crippen LogP contribution in [0, 0.1) is 0 Å². The van der Waals surface area contributed by atoms with Gasteiger partial charge in [0.15, 0.2) is 5.96 Å². The number of rotatable bonds is 1. The van der Waals surface area contributed by atoms with Gasteiger partial charge in [0.05, 0.1) is 6.26 Å². The molecule has 0 saturated heterocycles. The number of nitrogens with zero attached hydrogens (tertiary/aromatic N) is 1.